The first-order chi connectivity index (χ1) is 42.6. The van der Waals surface area contributed by atoms with Gasteiger partial charge in [0.15, 0.2) is 34.7 Å². The van der Waals surface area contributed by atoms with Gasteiger partial charge >= 0.3 is 0 Å². The average molecular weight is 1350 g/mol. The van der Waals surface area contributed by atoms with E-state index in [0.717, 1.165) is 55.6 Å². The molecular weight excluding hydrogens is 1250 g/mol. The molecule has 0 fully saturated rings. The van der Waals surface area contributed by atoms with Crippen LogP contribution in [0.2, 0.25) is 83.1 Å². The Hall–Kier alpha value is -6.31. The molecule has 4 aromatic carbocycles. The smallest absolute Gasteiger partial charge is 0.208 e. The molecule has 0 spiro atoms. The number of carbonyl (C=O) groups is 8. The molecule has 21 heteroatoms. The Kier molecular flexibility index (Phi) is 33.0. The van der Waals surface area contributed by atoms with Gasteiger partial charge in [-0.1, -0.05) is 115 Å². The third kappa shape index (κ3) is 28.2. The Balaban J connectivity index is 0.000000324. The Bertz CT molecular complexity index is 3040. The van der Waals surface area contributed by atoms with Crippen LogP contribution in [0.1, 0.15) is 127 Å². The zero-order valence-corrected chi connectivity index (χ0v) is 59.4. The van der Waals surface area contributed by atoms with Gasteiger partial charge in [-0.25, -0.2) is 17.6 Å². The van der Waals surface area contributed by atoms with E-state index in [9.17, 15) is 71.2 Å². The summed E-state index contributed by atoms with van der Waals surface area (Å²) in [5, 5.41) is 30.4. The number of thiophene rings is 1. The highest BCUT2D eigenvalue weighted by atomic mass is 32.1. The average Bonchev–Trinajstić information content (AvgIpc) is 3.11. The van der Waals surface area contributed by atoms with Crippen molar-refractivity contribution in [2.45, 2.75) is 148 Å². The second-order valence-corrected chi connectivity index (χ2v) is 49.1. The lowest BCUT2D eigenvalue weighted by Gasteiger charge is -2.25. The summed E-state index contributed by atoms with van der Waals surface area (Å²) in [6.07, 6.45) is 5.50. The SMILES string of the molecule is CC(=O)C(CCC[Si](C)(C)C)C(=O)c1ccco1.CC(=O)C(CCC[Si](C)(C)C)C(=O)c1cccs1.C[Si](C)(C)CCCC(C(=O)c1ccc(F)cc1)C(=O)c1ccc(F)cc1.O=C(c1ccc(F)cc1)C(CCC[Si](CO)(CO)CO)C(=O)c1ccc(F)cc1. The highest BCUT2D eigenvalue weighted by Crippen LogP contribution is 2.28. The topological polar surface area (TPSA) is 210 Å². The third-order valence-electron chi connectivity index (χ3n) is 15.4. The molecule has 2 unspecified atom stereocenters. The summed E-state index contributed by atoms with van der Waals surface area (Å²) in [6, 6.07) is 30.8. The molecule has 0 amide bonds. The van der Waals surface area contributed by atoms with E-state index in [1.807, 2.05) is 11.4 Å². The Morgan fingerprint density at radius 1 is 0.396 bits per heavy atom. The number of aliphatic hydroxyl groups excluding tert-OH is 3. The van der Waals surface area contributed by atoms with Gasteiger partial charge < -0.3 is 19.7 Å². The van der Waals surface area contributed by atoms with E-state index < -0.39 is 90.8 Å². The summed E-state index contributed by atoms with van der Waals surface area (Å²) in [7, 11) is -6.16. The molecule has 2 heterocycles. The number of benzene rings is 4. The maximum atomic E-state index is 13.2. The molecule has 0 bridgehead atoms. The van der Waals surface area contributed by atoms with Crippen LogP contribution in [0.5, 0.6) is 0 Å². The number of ketones is 8. The van der Waals surface area contributed by atoms with E-state index in [0.29, 0.717) is 53.5 Å². The van der Waals surface area contributed by atoms with Crippen molar-refractivity contribution in [2.75, 3.05) is 18.7 Å². The van der Waals surface area contributed by atoms with Crippen LogP contribution >= 0.6 is 11.3 Å². The molecule has 0 aliphatic heterocycles. The molecule has 2 aromatic heterocycles. The van der Waals surface area contributed by atoms with Crippen molar-refractivity contribution in [2.24, 2.45) is 23.7 Å². The summed E-state index contributed by atoms with van der Waals surface area (Å²) in [4.78, 5) is 99.9. The molecule has 6 aromatic rings. The Morgan fingerprint density at radius 3 is 0.945 bits per heavy atom. The van der Waals surface area contributed by atoms with Crippen molar-refractivity contribution in [1.29, 1.82) is 0 Å². The number of aliphatic hydroxyl groups is 3. The minimum absolute atomic E-state index is 0.00368. The molecular formula is C70H92F4O12SSi4. The molecule has 6 rings (SSSR count). The summed E-state index contributed by atoms with van der Waals surface area (Å²) in [5.41, 5.74) is 1.00. The normalized spacial score (nSPS) is 12.3. The van der Waals surface area contributed by atoms with E-state index in [1.54, 1.807) is 18.2 Å². The number of Topliss-reactive ketones (excluding diaryl/α,β-unsaturated/α-hetero) is 8. The van der Waals surface area contributed by atoms with Crippen LogP contribution in [-0.4, -0.2) is 113 Å². The first-order valence-corrected chi connectivity index (χ1v) is 45.7. The van der Waals surface area contributed by atoms with Crippen molar-refractivity contribution >= 4 is 89.9 Å². The molecule has 12 nitrogen and oxygen atoms in total. The van der Waals surface area contributed by atoms with E-state index in [-0.39, 0.29) is 70.9 Å². The van der Waals surface area contributed by atoms with Crippen molar-refractivity contribution in [3.8, 4) is 0 Å². The zero-order valence-electron chi connectivity index (χ0n) is 54.6. The van der Waals surface area contributed by atoms with Gasteiger partial charge in [0.05, 0.1) is 34.8 Å². The number of rotatable bonds is 33. The second-order valence-electron chi connectivity index (χ2n) is 26.8. The van der Waals surface area contributed by atoms with Gasteiger partial charge in [-0.05, 0) is 160 Å². The summed E-state index contributed by atoms with van der Waals surface area (Å²) < 4.78 is 57.7. The number of hydrogen-bond acceptors (Lipinski definition) is 13. The number of furan rings is 1. The van der Waals surface area contributed by atoms with Crippen molar-refractivity contribution in [3.63, 3.8) is 0 Å². The van der Waals surface area contributed by atoms with E-state index in [4.69, 9.17) is 4.42 Å². The van der Waals surface area contributed by atoms with Crippen LogP contribution < -0.4 is 0 Å². The van der Waals surface area contributed by atoms with Gasteiger partial charge in [-0.15, -0.1) is 11.3 Å². The van der Waals surface area contributed by atoms with Crippen LogP contribution in [0.3, 0.4) is 0 Å². The summed E-state index contributed by atoms with van der Waals surface area (Å²) >= 11 is 1.42. The first-order valence-electron chi connectivity index (χ1n) is 30.8. The maximum Gasteiger partial charge on any atom is 0.208 e. The predicted octanol–water partition coefficient (Wildman–Crippen LogP) is 16.3. The lowest BCUT2D eigenvalue weighted by atomic mass is 9.86. The molecule has 0 aliphatic carbocycles. The fraction of sp³-hybridized carbons (Fsp3) is 0.429. The number of halogens is 4. The van der Waals surface area contributed by atoms with E-state index in [1.165, 1.54) is 110 Å². The minimum Gasteiger partial charge on any atom is -0.461 e. The highest BCUT2D eigenvalue weighted by Gasteiger charge is 2.35. The highest BCUT2D eigenvalue weighted by molar-refractivity contribution is 7.12. The third-order valence-corrected chi connectivity index (χ3v) is 25.3. The summed E-state index contributed by atoms with van der Waals surface area (Å²) in [6.45, 7) is 23.6. The van der Waals surface area contributed by atoms with E-state index in [2.05, 4.69) is 58.9 Å². The zero-order chi connectivity index (χ0) is 68.3. The first kappa shape index (κ1) is 78.9. The fourth-order valence-corrected chi connectivity index (χ4v) is 16.1. The van der Waals surface area contributed by atoms with Gasteiger partial charge in [0, 0.05) is 65.2 Å². The molecule has 2 atom stereocenters. The van der Waals surface area contributed by atoms with Gasteiger partial charge in [-0.2, -0.15) is 0 Å². The quantitative estimate of drug-likeness (QED) is 0.0152. The standard InChI is InChI=1S/C21H24F2O5Si.C21H24F2O2Si.C14H22O3Si.C14H22O2SSi/c22-17-7-3-15(4-8-17)20(27)19(2-1-11-29(12-24,13-25)14-26)21(28)16-5-9-18(23)10-6-16;1-26(2,3)14-4-5-19(20(24)15-6-10-17(22)11-7-15)21(25)16-8-12-18(23)13-9-16;2*1-11(15)12(7-6-10-18(2,3)4)14(16)13-8-5-9-17-13/h3-10,19,24-26H,1-2,11-14H2;6-13,19H,4-5,14H2,1-3H3;2*5,8-9,12H,6-7,10H2,1-4H3. The Labute approximate surface area is 542 Å². The maximum absolute atomic E-state index is 13.2. The van der Waals surface area contributed by atoms with Crippen LogP contribution in [0.4, 0.5) is 17.6 Å². The second kappa shape index (κ2) is 38.0. The van der Waals surface area contributed by atoms with Gasteiger partial charge in [-0.3, -0.25) is 38.4 Å². The van der Waals surface area contributed by atoms with Crippen molar-refractivity contribution < 1.29 is 75.7 Å². The molecule has 0 saturated carbocycles. The van der Waals surface area contributed by atoms with Crippen LogP contribution in [0.15, 0.2) is 137 Å². The van der Waals surface area contributed by atoms with Crippen LogP contribution in [0.25, 0.3) is 0 Å². The molecule has 0 radical (unpaired) electrons. The minimum atomic E-state index is -2.68. The van der Waals surface area contributed by atoms with Gasteiger partial charge in [0.2, 0.25) is 5.78 Å². The molecule has 494 valence electrons. The van der Waals surface area contributed by atoms with Gasteiger partial charge in [0.1, 0.15) is 42.9 Å². The molecule has 91 heavy (non-hydrogen) atoms. The molecule has 0 aliphatic rings. The molecule has 0 saturated heterocycles. The number of hydrogen-bond donors (Lipinski definition) is 3. The van der Waals surface area contributed by atoms with Crippen molar-refractivity contribution in [3.05, 3.63) is 189 Å². The van der Waals surface area contributed by atoms with E-state index >= 15 is 0 Å². The lowest BCUT2D eigenvalue weighted by Crippen LogP contribution is -2.48. The lowest BCUT2D eigenvalue weighted by molar-refractivity contribution is -0.120. The molecule has 3 N–H and O–H groups in total. The van der Waals surface area contributed by atoms with Crippen LogP contribution in [0, 0.1) is 46.9 Å². The van der Waals surface area contributed by atoms with Crippen LogP contribution in [-0.2, 0) is 9.59 Å². The monoisotopic (exact) mass is 1340 g/mol. The number of carbonyl (C=O) groups excluding carboxylic acids is 8. The summed E-state index contributed by atoms with van der Waals surface area (Å²) in [5.74, 6) is -6.26. The van der Waals surface area contributed by atoms with Crippen molar-refractivity contribution in [1.82, 2.24) is 0 Å². The largest absolute Gasteiger partial charge is 0.461 e. The van der Waals surface area contributed by atoms with Gasteiger partial charge in [0.25, 0.3) is 0 Å². The Morgan fingerprint density at radius 2 is 0.692 bits per heavy atom. The predicted molar refractivity (Wildman–Crippen MR) is 363 cm³/mol. The fourth-order valence-electron chi connectivity index (χ4n) is 9.82.